The smallest absolute Gasteiger partial charge is 0.137 e. The fourth-order valence-corrected chi connectivity index (χ4v) is 1.72. The summed E-state index contributed by atoms with van der Waals surface area (Å²) in [6.45, 7) is 0.539. The number of rotatable bonds is 3. The Morgan fingerprint density at radius 1 is 1.22 bits per heavy atom. The van der Waals surface area contributed by atoms with Crippen molar-refractivity contribution in [1.29, 1.82) is 0 Å². The van der Waals surface area contributed by atoms with Gasteiger partial charge in [-0.2, -0.15) is 0 Å². The van der Waals surface area contributed by atoms with Gasteiger partial charge in [0.25, 0.3) is 0 Å². The molecule has 0 spiro atoms. The van der Waals surface area contributed by atoms with Crippen LogP contribution in [0.1, 0.15) is 5.69 Å². The van der Waals surface area contributed by atoms with Crippen LogP contribution in [0, 0.1) is 0 Å². The number of nitrogens with one attached hydrogen (secondary N) is 1. The molecule has 3 N–H and O–H groups in total. The molecular formula is C12H11N5O. The van der Waals surface area contributed by atoms with Gasteiger partial charge in [0.05, 0.1) is 12.1 Å². The average molecular weight is 241 g/mol. The highest BCUT2D eigenvalue weighted by Gasteiger charge is 2.04. The second kappa shape index (κ2) is 4.33. The van der Waals surface area contributed by atoms with E-state index in [0.717, 1.165) is 22.4 Å². The molecule has 0 saturated carbocycles. The van der Waals surface area contributed by atoms with E-state index in [-0.39, 0.29) is 0 Å². The fourth-order valence-electron chi connectivity index (χ4n) is 1.72. The Labute approximate surface area is 103 Å². The summed E-state index contributed by atoms with van der Waals surface area (Å²) in [4.78, 5) is 8.40. The minimum atomic E-state index is 0.539. The molecule has 90 valence electrons. The summed E-state index contributed by atoms with van der Waals surface area (Å²) in [6.07, 6.45) is 3.05. The molecule has 1 aromatic carbocycles. The first-order chi connectivity index (χ1) is 8.83. The van der Waals surface area contributed by atoms with Crippen LogP contribution in [0.4, 0.5) is 11.5 Å². The van der Waals surface area contributed by atoms with Crippen molar-refractivity contribution in [2.24, 2.45) is 0 Å². The highest BCUT2D eigenvalue weighted by Crippen LogP contribution is 2.21. The van der Waals surface area contributed by atoms with Crippen molar-refractivity contribution in [1.82, 2.24) is 15.1 Å². The van der Waals surface area contributed by atoms with E-state index < -0.39 is 0 Å². The van der Waals surface area contributed by atoms with Gasteiger partial charge in [-0.3, -0.25) is 0 Å². The molecule has 0 unspecified atom stereocenters. The van der Waals surface area contributed by atoms with Gasteiger partial charge in [0.15, 0.2) is 0 Å². The molecule has 6 heteroatoms. The molecule has 2 heterocycles. The standard InChI is InChI=1S/C12H11N5O/c13-8-1-2-11-10(5-8)12(16-7-15-11)14-6-9-3-4-18-17-9/h1-5,7H,6,13H2,(H,14,15,16). The second-order valence-electron chi connectivity index (χ2n) is 3.84. The van der Waals surface area contributed by atoms with Crippen LogP contribution in [-0.4, -0.2) is 15.1 Å². The average Bonchev–Trinajstić information content (AvgIpc) is 2.89. The molecule has 3 rings (SSSR count). The molecule has 0 bridgehead atoms. The van der Waals surface area contributed by atoms with Crippen LogP contribution in [-0.2, 0) is 6.54 Å². The summed E-state index contributed by atoms with van der Waals surface area (Å²) in [6, 6.07) is 7.33. The first-order valence-electron chi connectivity index (χ1n) is 5.46. The molecule has 2 aromatic heterocycles. The third kappa shape index (κ3) is 1.95. The summed E-state index contributed by atoms with van der Waals surface area (Å²) in [5, 5.41) is 7.90. The van der Waals surface area contributed by atoms with Gasteiger partial charge in [-0.15, -0.1) is 0 Å². The first kappa shape index (κ1) is 10.5. The summed E-state index contributed by atoms with van der Waals surface area (Å²) in [5.74, 6) is 0.732. The van der Waals surface area contributed by atoms with Crippen LogP contribution in [0.3, 0.4) is 0 Å². The van der Waals surface area contributed by atoms with Crippen molar-refractivity contribution >= 4 is 22.4 Å². The van der Waals surface area contributed by atoms with E-state index in [9.17, 15) is 0 Å². The van der Waals surface area contributed by atoms with Crippen LogP contribution >= 0.6 is 0 Å². The van der Waals surface area contributed by atoms with Gasteiger partial charge in [-0.1, -0.05) is 5.16 Å². The van der Waals surface area contributed by atoms with Crippen molar-refractivity contribution in [3.05, 3.63) is 42.5 Å². The lowest BCUT2D eigenvalue weighted by Crippen LogP contribution is -2.03. The topological polar surface area (TPSA) is 89.9 Å². The normalized spacial score (nSPS) is 10.7. The number of anilines is 2. The number of benzene rings is 1. The molecule has 18 heavy (non-hydrogen) atoms. The molecule has 0 fully saturated rings. The molecule has 0 aliphatic carbocycles. The maximum Gasteiger partial charge on any atom is 0.137 e. The molecule has 0 radical (unpaired) electrons. The quantitative estimate of drug-likeness (QED) is 0.680. The molecule has 0 amide bonds. The molecule has 3 aromatic rings. The number of nitrogens with zero attached hydrogens (tertiary/aromatic N) is 3. The van der Waals surface area contributed by atoms with Crippen molar-refractivity contribution in [2.75, 3.05) is 11.1 Å². The van der Waals surface area contributed by atoms with Gasteiger partial charge in [0.1, 0.15) is 24.1 Å². The van der Waals surface area contributed by atoms with E-state index in [0.29, 0.717) is 12.2 Å². The number of nitrogen functional groups attached to an aromatic ring is 1. The Bertz CT molecular complexity index is 665. The molecule has 6 nitrogen and oxygen atoms in total. The second-order valence-corrected chi connectivity index (χ2v) is 3.84. The molecular weight excluding hydrogens is 230 g/mol. The molecule has 0 aliphatic heterocycles. The Morgan fingerprint density at radius 2 is 2.17 bits per heavy atom. The predicted molar refractivity (Wildman–Crippen MR) is 67.8 cm³/mol. The van der Waals surface area contributed by atoms with Crippen LogP contribution in [0.5, 0.6) is 0 Å². The third-order valence-electron chi connectivity index (χ3n) is 2.59. The molecule has 0 aliphatic rings. The van der Waals surface area contributed by atoms with Gasteiger partial charge in [0.2, 0.25) is 0 Å². The minimum absolute atomic E-state index is 0.539. The zero-order valence-electron chi connectivity index (χ0n) is 9.50. The lowest BCUT2D eigenvalue weighted by atomic mass is 10.2. The summed E-state index contributed by atoms with van der Waals surface area (Å²) >= 11 is 0. The highest BCUT2D eigenvalue weighted by molar-refractivity contribution is 5.91. The summed E-state index contributed by atoms with van der Waals surface area (Å²) < 4.78 is 4.77. The first-order valence-corrected chi connectivity index (χ1v) is 5.46. The van der Waals surface area contributed by atoms with Gasteiger partial charge in [0, 0.05) is 17.1 Å². The third-order valence-corrected chi connectivity index (χ3v) is 2.59. The molecule has 0 atom stereocenters. The maximum atomic E-state index is 5.77. The molecule has 0 saturated heterocycles. The minimum Gasteiger partial charge on any atom is -0.399 e. The lowest BCUT2D eigenvalue weighted by molar-refractivity contribution is 0.412. The van der Waals surface area contributed by atoms with Gasteiger partial charge in [-0.05, 0) is 18.2 Å². The Kier molecular flexibility index (Phi) is 2.53. The maximum absolute atomic E-state index is 5.77. The van der Waals surface area contributed by atoms with Gasteiger partial charge >= 0.3 is 0 Å². The van der Waals surface area contributed by atoms with E-state index >= 15 is 0 Å². The van der Waals surface area contributed by atoms with Gasteiger partial charge in [-0.25, -0.2) is 9.97 Å². The zero-order valence-corrected chi connectivity index (χ0v) is 9.50. The van der Waals surface area contributed by atoms with E-state index in [1.807, 2.05) is 18.2 Å². The number of nitrogens with two attached hydrogens (primary N) is 1. The Hall–Kier alpha value is -2.63. The predicted octanol–water partition coefficient (Wildman–Crippen LogP) is 1.81. The van der Waals surface area contributed by atoms with Crippen LogP contribution in [0.25, 0.3) is 10.9 Å². The zero-order chi connectivity index (χ0) is 12.4. The van der Waals surface area contributed by atoms with Crippen LogP contribution in [0.15, 0.2) is 41.4 Å². The fraction of sp³-hybridized carbons (Fsp3) is 0.0833. The van der Waals surface area contributed by atoms with Crippen molar-refractivity contribution in [3.63, 3.8) is 0 Å². The van der Waals surface area contributed by atoms with Crippen molar-refractivity contribution in [3.8, 4) is 0 Å². The van der Waals surface area contributed by atoms with Gasteiger partial charge < -0.3 is 15.6 Å². The number of hydrogen-bond donors (Lipinski definition) is 2. The summed E-state index contributed by atoms with van der Waals surface area (Å²) in [7, 11) is 0. The number of aromatic nitrogens is 3. The number of hydrogen-bond acceptors (Lipinski definition) is 6. The van der Waals surface area contributed by atoms with Crippen molar-refractivity contribution in [2.45, 2.75) is 6.54 Å². The largest absolute Gasteiger partial charge is 0.399 e. The van der Waals surface area contributed by atoms with E-state index in [4.69, 9.17) is 10.3 Å². The van der Waals surface area contributed by atoms with E-state index in [1.54, 1.807) is 6.07 Å². The highest BCUT2D eigenvalue weighted by atomic mass is 16.5. The summed E-state index contributed by atoms with van der Waals surface area (Å²) in [5.41, 5.74) is 8.11. The Morgan fingerprint density at radius 3 is 3.00 bits per heavy atom. The monoisotopic (exact) mass is 241 g/mol. The number of fused-ring (bicyclic) bond motifs is 1. The van der Waals surface area contributed by atoms with E-state index in [1.165, 1.54) is 12.6 Å². The SMILES string of the molecule is Nc1ccc2ncnc(NCc3ccon3)c2c1. The van der Waals surface area contributed by atoms with Crippen LogP contribution in [0.2, 0.25) is 0 Å². The van der Waals surface area contributed by atoms with Crippen LogP contribution < -0.4 is 11.1 Å². The lowest BCUT2D eigenvalue weighted by Gasteiger charge is -2.07. The van der Waals surface area contributed by atoms with Crippen molar-refractivity contribution < 1.29 is 4.52 Å². The van der Waals surface area contributed by atoms with E-state index in [2.05, 4.69) is 20.4 Å². The Balaban J connectivity index is 1.93.